The number of carboxylic acids is 1. The number of rotatable bonds is 7. The zero-order valence-electron chi connectivity index (χ0n) is 14.7. The van der Waals surface area contributed by atoms with Crippen molar-refractivity contribution in [3.8, 4) is 16.9 Å². The fourth-order valence-corrected chi connectivity index (χ4v) is 2.72. The van der Waals surface area contributed by atoms with Crippen LogP contribution in [0.25, 0.3) is 11.1 Å². The van der Waals surface area contributed by atoms with Gasteiger partial charge in [0, 0.05) is 17.3 Å². The Balaban J connectivity index is 1.90. The summed E-state index contributed by atoms with van der Waals surface area (Å²) in [6.45, 7) is -0.940. The summed E-state index contributed by atoms with van der Waals surface area (Å²) in [6, 6.07) is 14.2. The molecule has 0 bridgehead atoms. The van der Waals surface area contributed by atoms with Crippen molar-refractivity contribution in [2.24, 2.45) is 0 Å². The van der Waals surface area contributed by atoms with Crippen LogP contribution in [0.5, 0.6) is 5.75 Å². The molecule has 0 aliphatic heterocycles. The number of alkyl halides is 3. The normalized spacial score (nSPS) is 11.4. The van der Waals surface area contributed by atoms with Gasteiger partial charge in [-0.25, -0.2) is 0 Å². The summed E-state index contributed by atoms with van der Waals surface area (Å²) in [7, 11) is 0. The maximum Gasteiger partial charge on any atom is 0.408 e. The van der Waals surface area contributed by atoms with Crippen LogP contribution in [0.2, 0.25) is 0 Å². The first-order valence-electron chi connectivity index (χ1n) is 8.41. The van der Waals surface area contributed by atoms with Crippen molar-refractivity contribution in [2.45, 2.75) is 25.7 Å². The van der Waals surface area contributed by atoms with Gasteiger partial charge in [-0.05, 0) is 23.3 Å². The topological polar surface area (TPSA) is 64.3 Å². The van der Waals surface area contributed by atoms with E-state index in [1.165, 1.54) is 12.4 Å². The second-order valence-electron chi connectivity index (χ2n) is 6.22. The highest BCUT2D eigenvalue weighted by molar-refractivity contribution is 5.74. The Morgan fingerprint density at radius 1 is 1.11 bits per heavy atom. The number of nitrogens with zero attached hydrogens (tertiary/aromatic N) is 2. The lowest BCUT2D eigenvalue weighted by Crippen LogP contribution is -2.17. The van der Waals surface area contributed by atoms with Crippen molar-refractivity contribution in [3.63, 3.8) is 0 Å². The summed E-state index contributed by atoms with van der Waals surface area (Å²) in [5.74, 6) is -0.568. The minimum atomic E-state index is -4.39. The standard InChI is InChI=1S/C20H17F3N2O3/c21-20(22,23)13-25-11-16(10-24-25)17-8-15(9-19(26)27)6-7-18(17)28-12-14-4-2-1-3-5-14/h1-8,10-11H,9,12-13H2,(H,26,27). The second-order valence-corrected chi connectivity index (χ2v) is 6.22. The Labute approximate surface area is 159 Å². The van der Waals surface area contributed by atoms with E-state index < -0.39 is 18.7 Å². The first-order valence-corrected chi connectivity index (χ1v) is 8.41. The number of aliphatic carboxylic acids is 1. The average molecular weight is 390 g/mol. The monoisotopic (exact) mass is 390 g/mol. The van der Waals surface area contributed by atoms with Gasteiger partial charge in [0.15, 0.2) is 0 Å². The van der Waals surface area contributed by atoms with E-state index in [-0.39, 0.29) is 13.0 Å². The van der Waals surface area contributed by atoms with Crippen LogP contribution >= 0.6 is 0 Å². The van der Waals surface area contributed by atoms with Crippen LogP contribution in [-0.4, -0.2) is 27.0 Å². The van der Waals surface area contributed by atoms with Gasteiger partial charge in [0.1, 0.15) is 18.9 Å². The number of hydrogen-bond acceptors (Lipinski definition) is 3. The van der Waals surface area contributed by atoms with Crippen LogP contribution < -0.4 is 4.74 Å². The van der Waals surface area contributed by atoms with Crippen LogP contribution in [0.4, 0.5) is 13.2 Å². The summed E-state index contributed by atoms with van der Waals surface area (Å²) in [4.78, 5) is 11.0. The van der Waals surface area contributed by atoms with E-state index >= 15 is 0 Å². The zero-order valence-corrected chi connectivity index (χ0v) is 14.7. The number of ether oxygens (including phenoxy) is 1. The summed E-state index contributed by atoms with van der Waals surface area (Å²) in [6.07, 6.45) is -2.02. The third kappa shape index (κ3) is 5.35. The maximum atomic E-state index is 12.6. The minimum Gasteiger partial charge on any atom is -0.488 e. The van der Waals surface area contributed by atoms with Crippen molar-refractivity contribution in [1.29, 1.82) is 0 Å². The van der Waals surface area contributed by atoms with Gasteiger partial charge in [0.05, 0.1) is 12.6 Å². The molecule has 28 heavy (non-hydrogen) atoms. The number of hydrogen-bond donors (Lipinski definition) is 1. The molecule has 1 heterocycles. The van der Waals surface area contributed by atoms with Crippen LogP contribution in [-0.2, 0) is 24.4 Å². The SMILES string of the molecule is O=C(O)Cc1ccc(OCc2ccccc2)c(-c2cnn(CC(F)(F)F)c2)c1. The van der Waals surface area contributed by atoms with E-state index in [9.17, 15) is 18.0 Å². The largest absolute Gasteiger partial charge is 0.488 e. The quantitative estimate of drug-likeness (QED) is 0.653. The predicted molar refractivity (Wildman–Crippen MR) is 95.8 cm³/mol. The molecule has 3 aromatic rings. The lowest BCUT2D eigenvalue weighted by atomic mass is 10.0. The van der Waals surface area contributed by atoms with Gasteiger partial charge in [-0.15, -0.1) is 0 Å². The Hall–Kier alpha value is -3.29. The van der Waals surface area contributed by atoms with E-state index in [0.29, 0.717) is 22.4 Å². The molecule has 0 fully saturated rings. The fourth-order valence-electron chi connectivity index (χ4n) is 2.72. The van der Waals surface area contributed by atoms with E-state index in [1.807, 2.05) is 30.3 Å². The Kier molecular flexibility index (Phi) is 5.67. The Morgan fingerprint density at radius 2 is 1.86 bits per heavy atom. The van der Waals surface area contributed by atoms with Crippen molar-refractivity contribution >= 4 is 5.97 Å². The fraction of sp³-hybridized carbons (Fsp3) is 0.200. The van der Waals surface area contributed by atoms with Crippen LogP contribution in [0, 0.1) is 0 Å². The van der Waals surface area contributed by atoms with Gasteiger partial charge in [0.25, 0.3) is 0 Å². The van der Waals surface area contributed by atoms with Gasteiger partial charge in [-0.3, -0.25) is 9.48 Å². The number of aromatic nitrogens is 2. The molecule has 0 saturated carbocycles. The maximum absolute atomic E-state index is 12.6. The van der Waals surface area contributed by atoms with Crippen LogP contribution in [0.1, 0.15) is 11.1 Å². The first-order chi connectivity index (χ1) is 13.3. The molecular weight excluding hydrogens is 373 g/mol. The molecule has 0 radical (unpaired) electrons. The molecule has 0 saturated heterocycles. The third-order valence-electron chi connectivity index (χ3n) is 3.92. The number of halogens is 3. The first kappa shape index (κ1) is 19.5. The average Bonchev–Trinajstić information content (AvgIpc) is 3.07. The molecular formula is C20H17F3N2O3. The van der Waals surface area contributed by atoms with E-state index in [4.69, 9.17) is 9.84 Å². The van der Waals surface area contributed by atoms with Gasteiger partial charge in [-0.2, -0.15) is 18.3 Å². The van der Waals surface area contributed by atoms with Crippen LogP contribution in [0.3, 0.4) is 0 Å². The van der Waals surface area contributed by atoms with E-state index in [0.717, 1.165) is 10.2 Å². The molecule has 0 unspecified atom stereocenters. The van der Waals surface area contributed by atoms with E-state index in [2.05, 4.69) is 5.10 Å². The lowest BCUT2D eigenvalue weighted by molar-refractivity contribution is -0.142. The zero-order chi connectivity index (χ0) is 20.1. The lowest BCUT2D eigenvalue weighted by Gasteiger charge is -2.12. The molecule has 2 aromatic carbocycles. The molecule has 0 aliphatic carbocycles. The highest BCUT2D eigenvalue weighted by Gasteiger charge is 2.28. The molecule has 1 aromatic heterocycles. The molecule has 5 nitrogen and oxygen atoms in total. The number of carboxylic acid groups (broad SMARTS) is 1. The Morgan fingerprint density at radius 3 is 2.54 bits per heavy atom. The number of carbonyl (C=O) groups is 1. The molecule has 0 aliphatic rings. The molecule has 146 valence electrons. The van der Waals surface area contributed by atoms with Crippen molar-refractivity contribution in [3.05, 3.63) is 72.1 Å². The summed E-state index contributed by atoms with van der Waals surface area (Å²) < 4.78 is 44.4. The van der Waals surface area contributed by atoms with Gasteiger partial charge in [0.2, 0.25) is 0 Å². The molecule has 8 heteroatoms. The molecule has 1 N–H and O–H groups in total. The summed E-state index contributed by atoms with van der Waals surface area (Å²) in [5.41, 5.74) is 2.34. The molecule has 0 atom stereocenters. The summed E-state index contributed by atoms with van der Waals surface area (Å²) >= 11 is 0. The van der Waals surface area contributed by atoms with Gasteiger partial charge < -0.3 is 9.84 Å². The second kappa shape index (κ2) is 8.16. The summed E-state index contributed by atoms with van der Waals surface area (Å²) in [5, 5.41) is 12.8. The van der Waals surface area contributed by atoms with Crippen molar-refractivity contribution < 1.29 is 27.8 Å². The van der Waals surface area contributed by atoms with Crippen LogP contribution in [0.15, 0.2) is 60.9 Å². The molecule has 3 rings (SSSR count). The smallest absolute Gasteiger partial charge is 0.408 e. The molecule has 0 amide bonds. The predicted octanol–water partition coefficient (Wildman–Crippen LogP) is 4.32. The minimum absolute atomic E-state index is 0.206. The third-order valence-corrected chi connectivity index (χ3v) is 3.92. The highest BCUT2D eigenvalue weighted by Crippen LogP contribution is 2.32. The van der Waals surface area contributed by atoms with Gasteiger partial charge >= 0.3 is 12.1 Å². The highest BCUT2D eigenvalue weighted by atomic mass is 19.4. The number of benzene rings is 2. The van der Waals surface area contributed by atoms with Crippen molar-refractivity contribution in [1.82, 2.24) is 9.78 Å². The van der Waals surface area contributed by atoms with Gasteiger partial charge in [-0.1, -0.05) is 36.4 Å². The molecule has 0 spiro atoms. The van der Waals surface area contributed by atoms with Crippen molar-refractivity contribution in [2.75, 3.05) is 0 Å². The Bertz CT molecular complexity index is 953. The van der Waals surface area contributed by atoms with E-state index in [1.54, 1.807) is 18.2 Å².